The minimum Gasteiger partial charge on any atom is -0.485 e. The van der Waals surface area contributed by atoms with Crippen LogP contribution in [-0.2, 0) is 6.54 Å². The SMILES string of the molecule is CC.CC.CCC[n+]1ccc(C(CC)Oc2ccc(Cl)cc2C=O)cc1. The molecular weight excluding hydrogens is 346 g/mol. The van der Waals surface area contributed by atoms with Gasteiger partial charge in [-0.2, -0.15) is 0 Å². The molecule has 0 spiro atoms. The molecular formula is C22H33ClNO2+. The molecule has 0 bridgehead atoms. The third-order valence-electron chi connectivity index (χ3n) is 3.51. The van der Waals surface area contributed by atoms with E-state index in [-0.39, 0.29) is 6.10 Å². The molecule has 26 heavy (non-hydrogen) atoms. The highest BCUT2D eigenvalue weighted by molar-refractivity contribution is 6.30. The molecule has 1 aromatic heterocycles. The van der Waals surface area contributed by atoms with Crippen molar-refractivity contribution in [2.24, 2.45) is 0 Å². The van der Waals surface area contributed by atoms with Crippen molar-refractivity contribution in [2.45, 2.75) is 67.0 Å². The Labute approximate surface area is 164 Å². The first-order valence-electron chi connectivity index (χ1n) is 9.58. The maximum absolute atomic E-state index is 11.2. The third-order valence-corrected chi connectivity index (χ3v) is 3.74. The number of aldehydes is 1. The van der Waals surface area contributed by atoms with Crippen molar-refractivity contribution >= 4 is 17.9 Å². The van der Waals surface area contributed by atoms with Gasteiger partial charge in [0.15, 0.2) is 18.7 Å². The molecule has 0 saturated heterocycles. The number of pyridine rings is 1. The van der Waals surface area contributed by atoms with Crippen molar-refractivity contribution in [3.63, 3.8) is 0 Å². The summed E-state index contributed by atoms with van der Waals surface area (Å²) in [4.78, 5) is 11.2. The van der Waals surface area contributed by atoms with Crippen LogP contribution in [0.4, 0.5) is 0 Å². The van der Waals surface area contributed by atoms with Crippen molar-refractivity contribution in [2.75, 3.05) is 0 Å². The Balaban J connectivity index is 0.00000146. The lowest BCUT2D eigenvalue weighted by Gasteiger charge is -2.18. The number of hydrogen-bond acceptors (Lipinski definition) is 2. The molecule has 1 heterocycles. The van der Waals surface area contributed by atoms with Gasteiger partial charge in [0.2, 0.25) is 0 Å². The van der Waals surface area contributed by atoms with E-state index < -0.39 is 0 Å². The van der Waals surface area contributed by atoms with Crippen molar-refractivity contribution in [3.8, 4) is 5.75 Å². The molecule has 144 valence electrons. The van der Waals surface area contributed by atoms with Gasteiger partial charge >= 0.3 is 0 Å². The van der Waals surface area contributed by atoms with E-state index in [0.29, 0.717) is 16.3 Å². The summed E-state index contributed by atoms with van der Waals surface area (Å²) in [5.41, 5.74) is 1.57. The number of halogens is 1. The smallest absolute Gasteiger partial charge is 0.169 e. The van der Waals surface area contributed by atoms with Gasteiger partial charge in [0, 0.05) is 29.1 Å². The Kier molecular flexibility index (Phi) is 13.3. The van der Waals surface area contributed by atoms with Crippen LogP contribution in [0.1, 0.15) is 76.4 Å². The van der Waals surface area contributed by atoms with E-state index in [0.717, 1.165) is 31.2 Å². The zero-order chi connectivity index (χ0) is 19.9. The fraction of sp³-hybridized carbons (Fsp3) is 0.455. The maximum atomic E-state index is 11.2. The van der Waals surface area contributed by atoms with Crippen LogP contribution < -0.4 is 9.30 Å². The zero-order valence-corrected chi connectivity index (χ0v) is 17.7. The Hall–Kier alpha value is -1.87. The molecule has 0 aliphatic rings. The fourth-order valence-electron chi connectivity index (χ4n) is 2.35. The zero-order valence-electron chi connectivity index (χ0n) is 17.0. The van der Waals surface area contributed by atoms with Gasteiger partial charge < -0.3 is 4.74 Å². The average Bonchev–Trinajstić information content (AvgIpc) is 2.71. The molecule has 3 nitrogen and oxygen atoms in total. The highest BCUT2D eigenvalue weighted by Gasteiger charge is 2.15. The quantitative estimate of drug-likeness (QED) is 0.410. The highest BCUT2D eigenvalue weighted by atomic mass is 35.5. The van der Waals surface area contributed by atoms with Gasteiger partial charge in [-0.3, -0.25) is 4.79 Å². The van der Waals surface area contributed by atoms with E-state index in [4.69, 9.17) is 16.3 Å². The lowest BCUT2D eigenvalue weighted by Crippen LogP contribution is -2.32. The predicted molar refractivity (Wildman–Crippen MR) is 110 cm³/mol. The Bertz CT molecular complexity index is 627. The molecule has 0 aliphatic carbocycles. The van der Waals surface area contributed by atoms with Gasteiger partial charge in [0.1, 0.15) is 18.4 Å². The predicted octanol–water partition coefficient (Wildman–Crippen LogP) is 6.43. The molecule has 1 unspecified atom stereocenters. The Morgan fingerprint density at radius 2 is 1.69 bits per heavy atom. The summed E-state index contributed by atoms with van der Waals surface area (Å²) in [7, 11) is 0. The number of aryl methyl sites for hydroxylation is 1. The lowest BCUT2D eigenvalue weighted by molar-refractivity contribution is -0.697. The Morgan fingerprint density at radius 3 is 2.19 bits per heavy atom. The van der Waals surface area contributed by atoms with Crippen LogP contribution in [0, 0.1) is 0 Å². The largest absolute Gasteiger partial charge is 0.485 e. The van der Waals surface area contributed by atoms with E-state index in [1.165, 1.54) is 0 Å². The first-order chi connectivity index (χ1) is 12.7. The first-order valence-corrected chi connectivity index (χ1v) is 9.96. The maximum Gasteiger partial charge on any atom is 0.169 e. The summed E-state index contributed by atoms with van der Waals surface area (Å²) in [5, 5.41) is 0.530. The summed E-state index contributed by atoms with van der Waals surface area (Å²) in [6, 6.07) is 9.24. The molecule has 0 radical (unpaired) electrons. The van der Waals surface area contributed by atoms with E-state index in [1.54, 1.807) is 18.2 Å². The molecule has 1 aromatic carbocycles. The fourth-order valence-corrected chi connectivity index (χ4v) is 2.53. The number of benzene rings is 1. The van der Waals surface area contributed by atoms with Crippen molar-refractivity contribution < 1.29 is 14.1 Å². The molecule has 1 atom stereocenters. The summed E-state index contributed by atoms with van der Waals surface area (Å²) in [6.45, 7) is 13.2. The van der Waals surface area contributed by atoms with Crippen LogP contribution in [0.25, 0.3) is 0 Å². The van der Waals surface area contributed by atoms with Gasteiger partial charge in [-0.1, -0.05) is 53.1 Å². The molecule has 0 N–H and O–H groups in total. The van der Waals surface area contributed by atoms with E-state index in [2.05, 4.69) is 42.9 Å². The van der Waals surface area contributed by atoms with Crippen LogP contribution in [-0.4, -0.2) is 6.29 Å². The second-order valence-corrected chi connectivity index (χ2v) is 5.62. The number of carbonyl (C=O) groups is 1. The summed E-state index contributed by atoms with van der Waals surface area (Å²) >= 11 is 5.91. The molecule has 0 saturated carbocycles. The highest BCUT2D eigenvalue weighted by Crippen LogP contribution is 2.28. The number of rotatable bonds is 7. The van der Waals surface area contributed by atoms with Crippen LogP contribution >= 0.6 is 11.6 Å². The Morgan fingerprint density at radius 1 is 1.08 bits per heavy atom. The standard InChI is InChI=1S/C18H21ClNO2.2C2H6/c1-3-9-20-10-7-14(8-11-20)17(4-2)22-18-6-5-16(19)12-15(18)13-21;2*1-2/h5-8,10-13,17H,3-4,9H2,1-2H3;2*1-2H3/q+1;;. The van der Waals surface area contributed by atoms with Gasteiger partial charge in [0.25, 0.3) is 0 Å². The van der Waals surface area contributed by atoms with Crippen molar-refractivity contribution in [1.82, 2.24) is 0 Å². The van der Waals surface area contributed by atoms with E-state index >= 15 is 0 Å². The molecule has 4 heteroatoms. The second kappa shape index (κ2) is 14.3. The number of carbonyl (C=O) groups excluding carboxylic acids is 1. The van der Waals surface area contributed by atoms with Crippen LogP contribution in [0.15, 0.2) is 42.7 Å². The lowest BCUT2D eigenvalue weighted by atomic mass is 10.1. The average molecular weight is 379 g/mol. The normalized spacial score (nSPS) is 10.6. The molecule has 2 rings (SSSR count). The van der Waals surface area contributed by atoms with E-state index in [1.807, 2.05) is 27.7 Å². The summed E-state index contributed by atoms with van der Waals surface area (Å²) in [6.07, 6.45) is 6.73. The minimum absolute atomic E-state index is 0.0869. The molecule has 0 aliphatic heterocycles. The van der Waals surface area contributed by atoms with Gasteiger partial charge in [0.05, 0.1) is 5.56 Å². The van der Waals surface area contributed by atoms with E-state index in [9.17, 15) is 4.79 Å². The number of hydrogen-bond donors (Lipinski definition) is 0. The molecule has 0 amide bonds. The summed E-state index contributed by atoms with van der Waals surface area (Å²) < 4.78 is 8.18. The second-order valence-electron chi connectivity index (χ2n) is 5.18. The molecule has 0 fully saturated rings. The van der Waals surface area contributed by atoms with Gasteiger partial charge in [-0.15, -0.1) is 0 Å². The monoisotopic (exact) mass is 378 g/mol. The third kappa shape index (κ3) is 7.57. The first kappa shape index (κ1) is 24.1. The number of nitrogens with zero attached hydrogens (tertiary/aromatic N) is 1. The van der Waals surface area contributed by atoms with Crippen molar-refractivity contribution in [1.29, 1.82) is 0 Å². The summed E-state index contributed by atoms with van der Waals surface area (Å²) in [5.74, 6) is 0.566. The topological polar surface area (TPSA) is 30.2 Å². The number of ether oxygens (including phenoxy) is 1. The van der Waals surface area contributed by atoms with Crippen LogP contribution in [0.3, 0.4) is 0 Å². The molecule has 2 aromatic rings. The van der Waals surface area contributed by atoms with Gasteiger partial charge in [-0.25, -0.2) is 4.57 Å². The minimum atomic E-state index is -0.0869. The van der Waals surface area contributed by atoms with Gasteiger partial charge in [-0.05, 0) is 24.6 Å². The number of aromatic nitrogens is 1. The van der Waals surface area contributed by atoms with Crippen LogP contribution in [0.5, 0.6) is 5.75 Å². The van der Waals surface area contributed by atoms with Crippen molar-refractivity contribution in [3.05, 3.63) is 58.9 Å². The van der Waals surface area contributed by atoms with Crippen LogP contribution in [0.2, 0.25) is 5.02 Å².